The number of halogens is 2. The van der Waals surface area contributed by atoms with Gasteiger partial charge in [-0.3, -0.25) is 4.72 Å². The van der Waals surface area contributed by atoms with Crippen LogP contribution in [0.4, 0.5) is 15.8 Å². The van der Waals surface area contributed by atoms with Crippen LogP contribution in [0.3, 0.4) is 0 Å². The monoisotopic (exact) mass is 328 g/mol. The van der Waals surface area contributed by atoms with E-state index in [4.69, 9.17) is 17.3 Å². The van der Waals surface area contributed by atoms with Gasteiger partial charge in [0.1, 0.15) is 5.82 Å². The molecule has 4 nitrogen and oxygen atoms in total. The van der Waals surface area contributed by atoms with E-state index in [0.717, 1.165) is 11.6 Å². The van der Waals surface area contributed by atoms with Crippen LogP contribution in [0.2, 0.25) is 5.02 Å². The molecule has 0 saturated heterocycles. The van der Waals surface area contributed by atoms with E-state index in [1.807, 2.05) is 6.92 Å². The van der Waals surface area contributed by atoms with Crippen molar-refractivity contribution in [1.82, 2.24) is 0 Å². The first kappa shape index (κ1) is 15.6. The highest BCUT2D eigenvalue weighted by Crippen LogP contribution is 2.24. The molecule has 2 aromatic carbocycles. The normalized spacial score (nSPS) is 11.4. The molecule has 2 rings (SSSR count). The van der Waals surface area contributed by atoms with Crippen molar-refractivity contribution >= 4 is 33.0 Å². The van der Waals surface area contributed by atoms with Crippen molar-refractivity contribution in [3.8, 4) is 0 Å². The third kappa shape index (κ3) is 3.46. The van der Waals surface area contributed by atoms with Crippen molar-refractivity contribution in [2.75, 3.05) is 10.5 Å². The second-order valence-corrected chi connectivity index (χ2v) is 6.56. The molecule has 0 aromatic heterocycles. The molecule has 3 N–H and O–H groups in total. The Kier molecular flexibility index (Phi) is 4.39. The Labute approximate surface area is 127 Å². The molecule has 0 aliphatic rings. The SMILES string of the molecule is CCc1ccc(S(=O)(=O)Nc2cc(Cl)ccc2F)cc1N. The van der Waals surface area contributed by atoms with Gasteiger partial charge in [0.2, 0.25) is 0 Å². The van der Waals surface area contributed by atoms with Crippen LogP contribution >= 0.6 is 11.6 Å². The molecule has 0 heterocycles. The lowest BCUT2D eigenvalue weighted by Gasteiger charge is -2.11. The molecule has 2 aromatic rings. The van der Waals surface area contributed by atoms with Gasteiger partial charge in [-0.25, -0.2) is 12.8 Å². The zero-order chi connectivity index (χ0) is 15.6. The zero-order valence-corrected chi connectivity index (χ0v) is 12.8. The Bertz CT molecular complexity index is 779. The van der Waals surface area contributed by atoms with E-state index in [0.29, 0.717) is 12.1 Å². The van der Waals surface area contributed by atoms with Gasteiger partial charge < -0.3 is 5.73 Å². The molecular weight excluding hydrogens is 315 g/mol. The maximum absolute atomic E-state index is 13.6. The molecule has 0 aliphatic heterocycles. The van der Waals surface area contributed by atoms with Crippen LogP contribution in [0.25, 0.3) is 0 Å². The average molecular weight is 329 g/mol. The fraction of sp³-hybridized carbons (Fsp3) is 0.143. The fourth-order valence-corrected chi connectivity index (χ4v) is 3.11. The summed E-state index contributed by atoms with van der Waals surface area (Å²) in [5, 5.41) is 0.231. The van der Waals surface area contributed by atoms with E-state index in [1.165, 1.54) is 24.3 Å². The van der Waals surface area contributed by atoms with Crippen molar-refractivity contribution in [3.05, 3.63) is 52.8 Å². The van der Waals surface area contributed by atoms with Crippen molar-refractivity contribution in [2.45, 2.75) is 18.2 Å². The van der Waals surface area contributed by atoms with E-state index in [9.17, 15) is 12.8 Å². The molecule has 0 aliphatic carbocycles. The zero-order valence-electron chi connectivity index (χ0n) is 11.2. The Morgan fingerprint density at radius 1 is 1.24 bits per heavy atom. The number of nitrogens with two attached hydrogens (primary N) is 1. The number of sulfonamides is 1. The molecule has 0 bridgehead atoms. The first-order valence-corrected chi connectivity index (χ1v) is 8.06. The minimum atomic E-state index is -3.93. The van der Waals surface area contributed by atoms with E-state index < -0.39 is 15.8 Å². The number of nitrogen functional groups attached to an aromatic ring is 1. The Hall–Kier alpha value is -1.79. The van der Waals surface area contributed by atoms with E-state index >= 15 is 0 Å². The molecule has 0 fully saturated rings. The van der Waals surface area contributed by atoms with Gasteiger partial charge in [0.05, 0.1) is 10.6 Å². The first-order valence-electron chi connectivity index (χ1n) is 6.19. The van der Waals surface area contributed by atoms with Gasteiger partial charge in [-0.1, -0.05) is 24.6 Å². The molecule has 0 atom stereocenters. The maximum Gasteiger partial charge on any atom is 0.262 e. The molecule has 0 radical (unpaired) electrons. The van der Waals surface area contributed by atoms with Crippen molar-refractivity contribution in [3.63, 3.8) is 0 Å². The van der Waals surface area contributed by atoms with Crippen LogP contribution in [0.15, 0.2) is 41.3 Å². The molecule has 0 spiro atoms. The summed E-state index contributed by atoms with van der Waals surface area (Å²) in [6.07, 6.45) is 0.697. The maximum atomic E-state index is 13.6. The highest BCUT2D eigenvalue weighted by molar-refractivity contribution is 7.92. The number of benzene rings is 2. The summed E-state index contributed by atoms with van der Waals surface area (Å²) in [5.74, 6) is -0.707. The number of nitrogens with one attached hydrogen (secondary N) is 1. The first-order chi connectivity index (χ1) is 9.83. The lowest BCUT2D eigenvalue weighted by atomic mass is 10.1. The van der Waals surface area contributed by atoms with Gasteiger partial charge in [-0.15, -0.1) is 0 Å². The Balaban J connectivity index is 2.38. The summed E-state index contributed by atoms with van der Waals surface area (Å²) in [6.45, 7) is 1.92. The van der Waals surface area contributed by atoms with Crippen LogP contribution in [0.5, 0.6) is 0 Å². The summed E-state index contributed by atoms with van der Waals surface area (Å²) in [6, 6.07) is 8.05. The van der Waals surface area contributed by atoms with Crippen LogP contribution < -0.4 is 10.5 Å². The molecule has 21 heavy (non-hydrogen) atoms. The molecule has 0 saturated carbocycles. The van der Waals surface area contributed by atoms with E-state index in [1.54, 1.807) is 6.07 Å². The van der Waals surface area contributed by atoms with Crippen LogP contribution in [0, 0.1) is 5.82 Å². The predicted octanol–water partition coefficient (Wildman–Crippen LogP) is 3.42. The number of hydrogen-bond donors (Lipinski definition) is 2. The number of hydrogen-bond acceptors (Lipinski definition) is 3. The van der Waals surface area contributed by atoms with Gasteiger partial charge in [0, 0.05) is 10.7 Å². The van der Waals surface area contributed by atoms with Gasteiger partial charge in [-0.2, -0.15) is 0 Å². The molecule has 0 unspecified atom stereocenters. The molecule has 0 amide bonds. The number of rotatable bonds is 4. The molecular formula is C14H14ClFN2O2S. The largest absolute Gasteiger partial charge is 0.398 e. The highest BCUT2D eigenvalue weighted by atomic mass is 35.5. The van der Waals surface area contributed by atoms with E-state index in [2.05, 4.69) is 4.72 Å². The minimum absolute atomic E-state index is 0.0309. The van der Waals surface area contributed by atoms with Crippen LogP contribution in [0.1, 0.15) is 12.5 Å². The van der Waals surface area contributed by atoms with E-state index in [-0.39, 0.29) is 15.6 Å². The molecule has 7 heteroatoms. The third-order valence-electron chi connectivity index (χ3n) is 2.98. The van der Waals surface area contributed by atoms with Crippen LogP contribution in [-0.4, -0.2) is 8.42 Å². The number of anilines is 2. The summed E-state index contributed by atoms with van der Waals surface area (Å²) >= 11 is 5.73. The lowest BCUT2D eigenvalue weighted by Crippen LogP contribution is -2.14. The lowest BCUT2D eigenvalue weighted by molar-refractivity contribution is 0.598. The second kappa shape index (κ2) is 5.91. The number of aryl methyl sites for hydroxylation is 1. The average Bonchev–Trinajstić information content (AvgIpc) is 2.42. The van der Waals surface area contributed by atoms with Crippen molar-refractivity contribution < 1.29 is 12.8 Å². The topological polar surface area (TPSA) is 72.2 Å². The van der Waals surface area contributed by atoms with Gasteiger partial charge in [-0.05, 0) is 42.3 Å². The van der Waals surface area contributed by atoms with Crippen LogP contribution in [-0.2, 0) is 16.4 Å². The molecule has 112 valence electrons. The summed E-state index contributed by atoms with van der Waals surface area (Å²) in [5.41, 5.74) is 6.81. The highest BCUT2D eigenvalue weighted by Gasteiger charge is 2.17. The smallest absolute Gasteiger partial charge is 0.262 e. The predicted molar refractivity (Wildman–Crippen MR) is 82.5 cm³/mol. The standard InChI is InChI=1S/C14H14ClFN2O2S/c1-2-9-3-5-11(8-13(9)17)21(19,20)18-14-7-10(15)4-6-12(14)16/h3-8,18H,2,17H2,1H3. The Morgan fingerprint density at radius 2 is 1.95 bits per heavy atom. The van der Waals surface area contributed by atoms with Gasteiger partial charge >= 0.3 is 0 Å². The second-order valence-electron chi connectivity index (χ2n) is 4.44. The third-order valence-corrected chi connectivity index (χ3v) is 4.58. The van der Waals surface area contributed by atoms with Crippen molar-refractivity contribution in [2.24, 2.45) is 0 Å². The summed E-state index contributed by atoms with van der Waals surface area (Å²) < 4.78 is 40.3. The van der Waals surface area contributed by atoms with Gasteiger partial charge in [0.25, 0.3) is 10.0 Å². The quantitative estimate of drug-likeness (QED) is 0.845. The fourth-order valence-electron chi connectivity index (χ4n) is 1.84. The summed E-state index contributed by atoms with van der Waals surface area (Å²) in [4.78, 5) is -0.0309. The Morgan fingerprint density at radius 3 is 2.57 bits per heavy atom. The van der Waals surface area contributed by atoms with Gasteiger partial charge in [0.15, 0.2) is 0 Å². The summed E-state index contributed by atoms with van der Waals surface area (Å²) in [7, 11) is -3.93. The van der Waals surface area contributed by atoms with Crippen molar-refractivity contribution in [1.29, 1.82) is 0 Å². The minimum Gasteiger partial charge on any atom is -0.398 e.